The molecule has 1 unspecified atom stereocenters. The number of nitrogens with zero attached hydrogens (tertiary/aromatic N) is 1. The van der Waals surface area contributed by atoms with Gasteiger partial charge in [0, 0.05) is 11.6 Å². The van der Waals surface area contributed by atoms with Crippen LogP contribution in [0, 0.1) is 5.92 Å². The summed E-state index contributed by atoms with van der Waals surface area (Å²) in [5.41, 5.74) is -0.468. The van der Waals surface area contributed by atoms with Crippen molar-refractivity contribution in [1.82, 2.24) is 0 Å². The molecule has 1 heterocycles. The summed E-state index contributed by atoms with van der Waals surface area (Å²) >= 11 is 0. The van der Waals surface area contributed by atoms with Crippen molar-refractivity contribution in [3.8, 4) is 0 Å². The van der Waals surface area contributed by atoms with Gasteiger partial charge in [0.2, 0.25) is 0 Å². The van der Waals surface area contributed by atoms with Crippen LogP contribution >= 0.6 is 0 Å². The van der Waals surface area contributed by atoms with Crippen molar-refractivity contribution in [1.29, 1.82) is 0 Å². The van der Waals surface area contributed by atoms with Gasteiger partial charge in [-0.25, -0.2) is 9.59 Å². The zero-order valence-corrected chi connectivity index (χ0v) is 10.9. The van der Waals surface area contributed by atoms with Crippen molar-refractivity contribution in [3.63, 3.8) is 0 Å². The molecular weight excluding hydrogens is 234 g/mol. The second kappa shape index (κ2) is 5.08. The quantitative estimate of drug-likeness (QED) is 0.562. The molecule has 5 nitrogen and oxygen atoms in total. The highest BCUT2D eigenvalue weighted by Crippen LogP contribution is 2.42. The molecular formula is C13H19NO4. The zero-order valence-electron chi connectivity index (χ0n) is 10.9. The van der Waals surface area contributed by atoms with Crippen LogP contribution in [0.1, 0.15) is 39.5 Å². The monoisotopic (exact) mass is 253 g/mol. The molecule has 1 aliphatic heterocycles. The summed E-state index contributed by atoms with van der Waals surface area (Å²) in [5, 5.41) is 0. The third-order valence-corrected chi connectivity index (χ3v) is 3.60. The summed E-state index contributed by atoms with van der Waals surface area (Å²) in [7, 11) is 0. The molecule has 0 N–H and O–H groups in total. The van der Waals surface area contributed by atoms with Gasteiger partial charge in [-0.15, -0.1) is 0 Å². The molecule has 0 amide bonds. The number of esters is 2. The summed E-state index contributed by atoms with van der Waals surface area (Å²) in [6, 6.07) is 0. The van der Waals surface area contributed by atoms with Gasteiger partial charge in [0.25, 0.3) is 5.54 Å². The summed E-state index contributed by atoms with van der Waals surface area (Å²) in [4.78, 5) is 28.8. The predicted octanol–water partition coefficient (Wildman–Crippen LogP) is 1.50. The average molecular weight is 253 g/mol. The van der Waals surface area contributed by atoms with E-state index in [1.165, 1.54) is 0 Å². The van der Waals surface area contributed by atoms with Crippen LogP contribution in [0.3, 0.4) is 0 Å². The molecule has 0 aromatic rings. The lowest BCUT2D eigenvalue weighted by atomic mass is 9.78. The maximum absolute atomic E-state index is 12.2. The third-order valence-electron chi connectivity index (χ3n) is 3.60. The third kappa shape index (κ3) is 1.91. The molecule has 1 aliphatic carbocycles. The summed E-state index contributed by atoms with van der Waals surface area (Å²) in [6.45, 7) is 3.95. The Morgan fingerprint density at radius 3 is 2.39 bits per heavy atom. The van der Waals surface area contributed by atoms with E-state index < -0.39 is 17.5 Å². The highest BCUT2D eigenvalue weighted by Gasteiger charge is 2.59. The summed E-state index contributed by atoms with van der Waals surface area (Å²) in [5.74, 6) is -1.19. The molecule has 1 atom stereocenters. The number of aliphatic imine (C=N–C) groups is 1. The maximum Gasteiger partial charge on any atom is 0.346 e. The molecule has 0 aromatic carbocycles. The molecule has 2 rings (SSSR count). The van der Waals surface area contributed by atoms with Gasteiger partial charge in [-0.1, -0.05) is 0 Å². The minimum Gasteiger partial charge on any atom is -0.464 e. The van der Waals surface area contributed by atoms with E-state index in [4.69, 9.17) is 9.47 Å². The van der Waals surface area contributed by atoms with E-state index in [1.807, 2.05) is 0 Å². The van der Waals surface area contributed by atoms with Crippen molar-refractivity contribution < 1.29 is 19.1 Å². The van der Waals surface area contributed by atoms with Crippen LogP contribution in [-0.2, 0) is 19.1 Å². The number of fused-ring (bicyclic) bond motifs is 2. The lowest BCUT2D eigenvalue weighted by molar-refractivity contribution is -0.166. The first-order valence-electron chi connectivity index (χ1n) is 6.57. The first-order chi connectivity index (χ1) is 8.65. The fraction of sp³-hybridized carbons (Fsp3) is 0.769. The highest BCUT2D eigenvalue weighted by molar-refractivity contribution is 6.10. The Balaban J connectivity index is 2.34. The fourth-order valence-electron chi connectivity index (χ4n) is 2.83. The number of hydrogen-bond donors (Lipinski definition) is 0. The smallest absolute Gasteiger partial charge is 0.346 e. The molecule has 1 saturated carbocycles. The van der Waals surface area contributed by atoms with E-state index in [0.717, 1.165) is 31.4 Å². The van der Waals surface area contributed by atoms with Gasteiger partial charge in [-0.2, -0.15) is 0 Å². The van der Waals surface area contributed by atoms with Crippen LogP contribution in [0.2, 0.25) is 0 Å². The van der Waals surface area contributed by atoms with Crippen molar-refractivity contribution in [3.05, 3.63) is 0 Å². The molecule has 100 valence electrons. The van der Waals surface area contributed by atoms with E-state index in [9.17, 15) is 9.59 Å². The van der Waals surface area contributed by atoms with Crippen LogP contribution < -0.4 is 0 Å². The SMILES string of the molecule is CCOC(=O)C1(C(=O)OCC)N=C2CCCC1C2. The van der Waals surface area contributed by atoms with Crippen LogP contribution in [0.25, 0.3) is 0 Å². The number of rotatable bonds is 4. The largest absolute Gasteiger partial charge is 0.464 e. The molecule has 5 heteroatoms. The Kier molecular flexibility index (Phi) is 3.68. The lowest BCUT2D eigenvalue weighted by Crippen LogP contribution is -2.51. The summed E-state index contributed by atoms with van der Waals surface area (Å²) in [6.07, 6.45) is 3.39. The first kappa shape index (κ1) is 13.1. The summed E-state index contributed by atoms with van der Waals surface area (Å²) < 4.78 is 10.1. The van der Waals surface area contributed by atoms with Crippen molar-refractivity contribution >= 4 is 17.7 Å². The minimum absolute atomic E-state index is 0.0839. The van der Waals surface area contributed by atoms with E-state index >= 15 is 0 Å². The van der Waals surface area contributed by atoms with Crippen LogP contribution in [0.15, 0.2) is 4.99 Å². The Hall–Kier alpha value is -1.39. The van der Waals surface area contributed by atoms with Gasteiger partial charge < -0.3 is 9.47 Å². The fourth-order valence-corrected chi connectivity index (χ4v) is 2.83. The second-order valence-electron chi connectivity index (χ2n) is 4.68. The predicted molar refractivity (Wildman–Crippen MR) is 65.4 cm³/mol. The minimum atomic E-state index is -1.42. The number of ether oxygens (including phenoxy) is 2. The van der Waals surface area contributed by atoms with E-state index in [0.29, 0.717) is 0 Å². The number of carbonyl (C=O) groups excluding carboxylic acids is 2. The maximum atomic E-state index is 12.2. The van der Waals surface area contributed by atoms with Gasteiger partial charge in [0.1, 0.15) is 0 Å². The van der Waals surface area contributed by atoms with Gasteiger partial charge in [0.05, 0.1) is 13.2 Å². The Bertz CT molecular complexity index is 370. The lowest BCUT2D eigenvalue weighted by Gasteiger charge is -2.28. The zero-order chi connectivity index (χ0) is 13.2. The van der Waals surface area contributed by atoms with E-state index in [-0.39, 0.29) is 19.1 Å². The van der Waals surface area contributed by atoms with E-state index in [1.54, 1.807) is 13.8 Å². The molecule has 0 spiro atoms. The molecule has 0 radical (unpaired) electrons. The van der Waals surface area contributed by atoms with Crippen molar-refractivity contribution in [2.75, 3.05) is 13.2 Å². The van der Waals surface area contributed by atoms with Crippen LogP contribution in [0.5, 0.6) is 0 Å². The molecule has 18 heavy (non-hydrogen) atoms. The molecule has 2 aliphatic rings. The van der Waals surface area contributed by atoms with Gasteiger partial charge in [-0.05, 0) is 39.5 Å². The van der Waals surface area contributed by atoms with Crippen molar-refractivity contribution in [2.45, 2.75) is 45.1 Å². The van der Waals surface area contributed by atoms with Gasteiger partial charge in [0.15, 0.2) is 0 Å². The average Bonchev–Trinajstić information content (AvgIpc) is 2.62. The topological polar surface area (TPSA) is 65.0 Å². The first-order valence-corrected chi connectivity index (χ1v) is 6.57. The standard InChI is InChI=1S/C13H19NO4/c1-3-17-11(15)13(12(16)18-4-2)9-6-5-7-10(8-9)14-13/h9H,3-8H2,1-2H3. The number of hydrogen-bond acceptors (Lipinski definition) is 5. The molecule has 0 saturated heterocycles. The molecule has 2 bridgehead atoms. The van der Waals surface area contributed by atoms with Crippen LogP contribution in [0.4, 0.5) is 0 Å². The second-order valence-corrected chi connectivity index (χ2v) is 4.68. The van der Waals surface area contributed by atoms with Gasteiger partial charge >= 0.3 is 11.9 Å². The Labute approximate surface area is 107 Å². The van der Waals surface area contributed by atoms with Gasteiger partial charge in [-0.3, -0.25) is 4.99 Å². The Morgan fingerprint density at radius 1 is 1.28 bits per heavy atom. The van der Waals surface area contributed by atoms with Crippen molar-refractivity contribution in [2.24, 2.45) is 10.9 Å². The van der Waals surface area contributed by atoms with Crippen LogP contribution in [-0.4, -0.2) is 36.4 Å². The normalized spacial score (nSPS) is 24.3. The van der Waals surface area contributed by atoms with E-state index in [2.05, 4.69) is 4.99 Å². The number of carbonyl (C=O) groups is 2. The Morgan fingerprint density at radius 2 is 1.89 bits per heavy atom. The molecule has 1 fully saturated rings. The molecule has 0 aromatic heterocycles. The highest BCUT2D eigenvalue weighted by atomic mass is 16.6.